The van der Waals surface area contributed by atoms with Crippen molar-refractivity contribution in [3.05, 3.63) is 29.3 Å². The molecule has 2 rings (SSSR count). The smallest absolute Gasteiger partial charge is 0.412 e. The van der Waals surface area contributed by atoms with Crippen molar-refractivity contribution in [2.24, 2.45) is 0 Å². The Kier molecular flexibility index (Phi) is 2.86. The van der Waals surface area contributed by atoms with Crippen LogP contribution in [0, 0.1) is 0 Å². The number of nitrogens with zero attached hydrogens (tertiary/aromatic N) is 1. The monoisotopic (exact) mass is 233 g/mol. The second-order valence-corrected chi connectivity index (χ2v) is 5.60. The molecule has 3 heteroatoms. The maximum atomic E-state index is 11.4. The van der Waals surface area contributed by atoms with Crippen molar-refractivity contribution in [2.75, 3.05) is 4.90 Å². The Labute approximate surface area is 102 Å². The number of carbonyl (C=O) groups is 1. The highest BCUT2D eigenvalue weighted by Crippen LogP contribution is 2.30. The SMILES string of the molecule is CC(C)(C)N(C(=O)O)c1ccc2c(c1)CCC2. The van der Waals surface area contributed by atoms with Crippen LogP contribution < -0.4 is 4.90 Å². The van der Waals surface area contributed by atoms with Crippen molar-refractivity contribution in [1.29, 1.82) is 0 Å². The third-order valence-electron chi connectivity index (χ3n) is 3.20. The summed E-state index contributed by atoms with van der Waals surface area (Å²) in [5.41, 5.74) is 3.04. The molecule has 17 heavy (non-hydrogen) atoms. The lowest BCUT2D eigenvalue weighted by Gasteiger charge is -2.33. The van der Waals surface area contributed by atoms with Gasteiger partial charge >= 0.3 is 6.09 Å². The largest absolute Gasteiger partial charge is 0.465 e. The van der Waals surface area contributed by atoms with Crippen LogP contribution in [0.25, 0.3) is 0 Å². The van der Waals surface area contributed by atoms with E-state index >= 15 is 0 Å². The summed E-state index contributed by atoms with van der Waals surface area (Å²) in [4.78, 5) is 12.8. The molecule has 0 saturated carbocycles. The summed E-state index contributed by atoms with van der Waals surface area (Å²) < 4.78 is 0. The van der Waals surface area contributed by atoms with Crippen molar-refractivity contribution >= 4 is 11.8 Å². The minimum atomic E-state index is -0.893. The van der Waals surface area contributed by atoms with E-state index in [-0.39, 0.29) is 0 Å². The molecule has 0 aromatic heterocycles. The lowest BCUT2D eigenvalue weighted by Crippen LogP contribution is -2.45. The van der Waals surface area contributed by atoms with Crippen LogP contribution in [0.4, 0.5) is 10.5 Å². The van der Waals surface area contributed by atoms with Crippen molar-refractivity contribution in [2.45, 2.75) is 45.6 Å². The van der Waals surface area contributed by atoms with Gasteiger partial charge in [0, 0.05) is 11.2 Å². The fourth-order valence-electron chi connectivity index (χ4n) is 2.48. The van der Waals surface area contributed by atoms with Gasteiger partial charge in [0.15, 0.2) is 0 Å². The van der Waals surface area contributed by atoms with Crippen molar-refractivity contribution in [1.82, 2.24) is 0 Å². The third-order valence-corrected chi connectivity index (χ3v) is 3.20. The van der Waals surface area contributed by atoms with Gasteiger partial charge in [-0.2, -0.15) is 0 Å². The van der Waals surface area contributed by atoms with E-state index in [2.05, 4.69) is 6.07 Å². The molecule has 0 aliphatic heterocycles. The maximum Gasteiger partial charge on any atom is 0.412 e. The molecule has 1 N–H and O–H groups in total. The number of hydrogen-bond acceptors (Lipinski definition) is 1. The second kappa shape index (κ2) is 4.06. The van der Waals surface area contributed by atoms with Gasteiger partial charge in [0.25, 0.3) is 0 Å². The van der Waals surface area contributed by atoms with Crippen LogP contribution in [0.5, 0.6) is 0 Å². The topological polar surface area (TPSA) is 40.5 Å². The van der Waals surface area contributed by atoms with Crippen LogP contribution in [-0.2, 0) is 12.8 Å². The van der Waals surface area contributed by atoms with Gasteiger partial charge in [0.1, 0.15) is 0 Å². The van der Waals surface area contributed by atoms with Gasteiger partial charge < -0.3 is 5.11 Å². The summed E-state index contributed by atoms with van der Waals surface area (Å²) in [6.07, 6.45) is 2.48. The summed E-state index contributed by atoms with van der Waals surface area (Å²) in [5, 5.41) is 9.34. The highest BCUT2D eigenvalue weighted by molar-refractivity contribution is 5.87. The molecule has 0 saturated heterocycles. The number of fused-ring (bicyclic) bond motifs is 1. The van der Waals surface area contributed by atoms with Crippen molar-refractivity contribution < 1.29 is 9.90 Å². The molecule has 0 unspecified atom stereocenters. The number of benzene rings is 1. The van der Waals surface area contributed by atoms with Gasteiger partial charge in [0.2, 0.25) is 0 Å². The summed E-state index contributed by atoms with van der Waals surface area (Å²) in [6.45, 7) is 5.73. The minimum Gasteiger partial charge on any atom is -0.465 e. The summed E-state index contributed by atoms with van der Waals surface area (Å²) in [7, 11) is 0. The number of amides is 1. The predicted octanol–water partition coefficient (Wildman–Crippen LogP) is 3.46. The molecule has 1 aliphatic carbocycles. The van der Waals surface area contributed by atoms with E-state index in [1.54, 1.807) is 0 Å². The lowest BCUT2D eigenvalue weighted by molar-refractivity contribution is 0.195. The zero-order valence-corrected chi connectivity index (χ0v) is 10.7. The molecule has 92 valence electrons. The standard InChI is InChI=1S/C14H19NO2/c1-14(2,3)15(13(16)17)12-8-7-10-5-4-6-11(10)9-12/h7-9H,4-6H2,1-3H3,(H,16,17). The fourth-order valence-corrected chi connectivity index (χ4v) is 2.48. The zero-order valence-electron chi connectivity index (χ0n) is 10.7. The Hall–Kier alpha value is -1.51. The molecule has 3 nitrogen and oxygen atoms in total. The van der Waals surface area contributed by atoms with Crippen molar-refractivity contribution in [3.63, 3.8) is 0 Å². The number of rotatable bonds is 1. The third kappa shape index (κ3) is 2.28. The molecular formula is C14H19NO2. The Morgan fingerprint density at radius 1 is 1.24 bits per heavy atom. The Bertz CT molecular complexity index is 446. The summed E-state index contributed by atoms with van der Waals surface area (Å²) in [5.74, 6) is 0. The average Bonchev–Trinajstić information content (AvgIpc) is 2.61. The van der Waals surface area contributed by atoms with E-state index < -0.39 is 11.6 Å². The minimum absolute atomic E-state index is 0.418. The van der Waals surface area contributed by atoms with Gasteiger partial charge in [-0.05, 0) is 63.3 Å². The van der Waals surface area contributed by atoms with Gasteiger partial charge in [-0.3, -0.25) is 4.90 Å². The van der Waals surface area contributed by atoms with E-state index in [0.29, 0.717) is 0 Å². The number of hydrogen-bond donors (Lipinski definition) is 1. The van der Waals surface area contributed by atoms with Gasteiger partial charge in [-0.15, -0.1) is 0 Å². The Morgan fingerprint density at radius 2 is 1.88 bits per heavy atom. The molecule has 1 aliphatic rings. The zero-order chi connectivity index (χ0) is 12.6. The molecule has 0 bridgehead atoms. The lowest BCUT2D eigenvalue weighted by atomic mass is 10.0. The highest BCUT2D eigenvalue weighted by Gasteiger charge is 2.28. The first-order valence-electron chi connectivity index (χ1n) is 6.04. The quantitative estimate of drug-likeness (QED) is 0.807. The first-order valence-corrected chi connectivity index (χ1v) is 6.04. The first kappa shape index (κ1) is 12.0. The second-order valence-electron chi connectivity index (χ2n) is 5.60. The van der Waals surface area contributed by atoms with Crippen LogP contribution in [-0.4, -0.2) is 16.7 Å². The molecule has 1 amide bonds. The Balaban J connectivity index is 2.41. The number of carboxylic acid groups (broad SMARTS) is 1. The molecule has 0 heterocycles. The van der Waals surface area contributed by atoms with Gasteiger partial charge in [-0.1, -0.05) is 6.07 Å². The van der Waals surface area contributed by atoms with E-state index in [1.807, 2.05) is 32.9 Å². The maximum absolute atomic E-state index is 11.4. The molecule has 0 fully saturated rings. The fraction of sp³-hybridized carbons (Fsp3) is 0.500. The molecular weight excluding hydrogens is 214 g/mol. The van der Waals surface area contributed by atoms with Crippen LogP contribution >= 0.6 is 0 Å². The van der Waals surface area contributed by atoms with Gasteiger partial charge in [0.05, 0.1) is 0 Å². The normalized spacial score (nSPS) is 14.5. The van der Waals surface area contributed by atoms with E-state index in [4.69, 9.17) is 0 Å². The highest BCUT2D eigenvalue weighted by atomic mass is 16.4. The van der Waals surface area contributed by atoms with Crippen molar-refractivity contribution in [3.8, 4) is 0 Å². The molecule has 0 radical (unpaired) electrons. The van der Waals surface area contributed by atoms with E-state index in [0.717, 1.165) is 18.5 Å². The predicted molar refractivity (Wildman–Crippen MR) is 68.7 cm³/mol. The molecule has 0 spiro atoms. The summed E-state index contributed by atoms with van der Waals surface area (Å²) >= 11 is 0. The number of aryl methyl sites for hydroxylation is 2. The Morgan fingerprint density at radius 3 is 2.47 bits per heavy atom. The van der Waals surface area contributed by atoms with E-state index in [1.165, 1.54) is 22.4 Å². The average molecular weight is 233 g/mol. The van der Waals surface area contributed by atoms with Crippen LogP contribution in [0.3, 0.4) is 0 Å². The first-order chi connectivity index (χ1) is 7.89. The van der Waals surface area contributed by atoms with Crippen LogP contribution in [0.2, 0.25) is 0 Å². The van der Waals surface area contributed by atoms with E-state index in [9.17, 15) is 9.90 Å². The summed E-state index contributed by atoms with van der Waals surface area (Å²) in [6, 6.07) is 6.02. The molecule has 1 aromatic rings. The van der Waals surface area contributed by atoms with Crippen LogP contribution in [0.15, 0.2) is 18.2 Å². The van der Waals surface area contributed by atoms with Gasteiger partial charge in [-0.25, -0.2) is 4.79 Å². The number of anilines is 1. The van der Waals surface area contributed by atoms with Crippen LogP contribution in [0.1, 0.15) is 38.3 Å². The molecule has 0 atom stereocenters. The molecule has 1 aromatic carbocycles.